The van der Waals surface area contributed by atoms with Crippen LogP contribution in [0.1, 0.15) is 30.2 Å². The summed E-state index contributed by atoms with van der Waals surface area (Å²) in [5.41, 5.74) is 3.54. The van der Waals surface area contributed by atoms with Gasteiger partial charge in [-0.25, -0.2) is 0 Å². The summed E-state index contributed by atoms with van der Waals surface area (Å²) in [6, 6.07) is 14.7. The lowest BCUT2D eigenvalue weighted by molar-refractivity contribution is 0.281. The van der Waals surface area contributed by atoms with E-state index in [0.29, 0.717) is 5.92 Å². The first-order chi connectivity index (χ1) is 10.2. The Morgan fingerprint density at radius 2 is 1.81 bits per heavy atom. The van der Waals surface area contributed by atoms with Gasteiger partial charge in [0, 0.05) is 25.8 Å². The van der Waals surface area contributed by atoms with Gasteiger partial charge in [0.15, 0.2) is 0 Å². The van der Waals surface area contributed by atoms with Crippen molar-refractivity contribution < 1.29 is 5.11 Å². The second-order valence-electron chi connectivity index (χ2n) is 5.31. The molecule has 0 radical (unpaired) electrons. The second kappa shape index (κ2) is 6.14. The first-order valence-electron chi connectivity index (χ1n) is 7.08. The molecule has 0 unspecified atom stereocenters. The molecule has 3 rings (SSSR count). The van der Waals surface area contributed by atoms with Crippen molar-refractivity contribution in [1.29, 1.82) is 0 Å². The Morgan fingerprint density at radius 3 is 2.38 bits per heavy atom. The summed E-state index contributed by atoms with van der Waals surface area (Å²) in [6.07, 6.45) is 0. The topological polar surface area (TPSA) is 20.2 Å². The fourth-order valence-corrected chi connectivity index (χ4v) is 4.78. The van der Waals surface area contributed by atoms with Crippen molar-refractivity contribution in [3.8, 4) is 20.9 Å². The van der Waals surface area contributed by atoms with Gasteiger partial charge in [-0.1, -0.05) is 50.2 Å². The number of aliphatic hydroxyl groups is 1. The van der Waals surface area contributed by atoms with Gasteiger partial charge < -0.3 is 5.11 Å². The molecule has 0 aliphatic carbocycles. The van der Waals surface area contributed by atoms with Crippen LogP contribution in [0.15, 0.2) is 47.8 Å². The van der Waals surface area contributed by atoms with E-state index in [-0.39, 0.29) is 6.61 Å². The van der Waals surface area contributed by atoms with Gasteiger partial charge in [0.1, 0.15) is 0 Å². The van der Waals surface area contributed by atoms with Crippen LogP contribution in [0.3, 0.4) is 0 Å². The van der Waals surface area contributed by atoms with Gasteiger partial charge in [-0.05, 0) is 22.9 Å². The van der Waals surface area contributed by atoms with E-state index in [1.165, 1.54) is 25.8 Å². The monoisotopic (exact) mass is 314 g/mol. The van der Waals surface area contributed by atoms with E-state index in [1.54, 1.807) is 11.3 Å². The molecule has 3 aromatic rings. The Hall–Kier alpha value is -1.42. The number of hydrogen-bond donors (Lipinski definition) is 1. The van der Waals surface area contributed by atoms with Crippen LogP contribution < -0.4 is 0 Å². The van der Waals surface area contributed by atoms with E-state index >= 15 is 0 Å². The van der Waals surface area contributed by atoms with Crippen LogP contribution in [0.5, 0.6) is 0 Å². The van der Waals surface area contributed by atoms with Crippen molar-refractivity contribution in [1.82, 2.24) is 0 Å². The highest BCUT2D eigenvalue weighted by molar-refractivity contribution is 7.18. The molecular formula is C18H18OS2. The molecule has 0 bridgehead atoms. The van der Waals surface area contributed by atoms with Crippen LogP contribution in [0.25, 0.3) is 20.9 Å². The van der Waals surface area contributed by atoms with E-state index in [9.17, 15) is 5.11 Å². The maximum absolute atomic E-state index is 9.92. The van der Waals surface area contributed by atoms with E-state index in [4.69, 9.17) is 0 Å². The minimum atomic E-state index is 0.101. The van der Waals surface area contributed by atoms with Gasteiger partial charge in [-0.2, -0.15) is 0 Å². The predicted molar refractivity (Wildman–Crippen MR) is 93.1 cm³/mol. The summed E-state index contributed by atoms with van der Waals surface area (Å²) < 4.78 is 0. The summed E-state index contributed by atoms with van der Waals surface area (Å²) >= 11 is 3.55. The Morgan fingerprint density at radius 1 is 1.05 bits per heavy atom. The van der Waals surface area contributed by atoms with E-state index in [1.807, 2.05) is 17.4 Å². The highest BCUT2D eigenvalue weighted by Crippen LogP contribution is 2.46. The van der Waals surface area contributed by atoms with Crippen LogP contribution in [0.4, 0.5) is 0 Å². The predicted octanol–water partition coefficient (Wildman–Crippen LogP) is 5.76. The molecule has 2 heterocycles. The molecule has 1 N–H and O–H groups in total. The van der Waals surface area contributed by atoms with Crippen molar-refractivity contribution in [2.24, 2.45) is 0 Å². The summed E-state index contributed by atoms with van der Waals surface area (Å²) in [4.78, 5) is 3.80. The fraction of sp³-hybridized carbons (Fsp3) is 0.222. The van der Waals surface area contributed by atoms with E-state index in [0.717, 1.165) is 5.56 Å². The molecule has 0 spiro atoms. The third-order valence-corrected chi connectivity index (χ3v) is 5.99. The van der Waals surface area contributed by atoms with Gasteiger partial charge >= 0.3 is 0 Å². The molecule has 0 aliphatic heterocycles. The molecule has 0 saturated carbocycles. The number of benzene rings is 1. The zero-order valence-corrected chi connectivity index (χ0v) is 13.8. The molecule has 21 heavy (non-hydrogen) atoms. The molecule has 0 saturated heterocycles. The lowest BCUT2D eigenvalue weighted by atomic mass is 10.00. The van der Waals surface area contributed by atoms with Crippen molar-refractivity contribution in [3.63, 3.8) is 0 Å². The Balaban J connectivity index is 2.28. The fourth-order valence-electron chi connectivity index (χ4n) is 2.58. The zero-order valence-electron chi connectivity index (χ0n) is 12.2. The van der Waals surface area contributed by atoms with Crippen molar-refractivity contribution in [2.75, 3.05) is 0 Å². The van der Waals surface area contributed by atoms with Crippen LogP contribution in [-0.4, -0.2) is 5.11 Å². The van der Waals surface area contributed by atoms with Crippen molar-refractivity contribution in [2.45, 2.75) is 26.4 Å². The van der Waals surface area contributed by atoms with Crippen molar-refractivity contribution >= 4 is 22.7 Å². The van der Waals surface area contributed by atoms with Crippen LogP contribution in [0, 0.1) is 0 Å². The lowest BCUT2D eigenvalue weighted by Crippen LogP contribution is -1.92. The molecular weight excluding hydrogens is 296 g/mol. The highest BCUT2D eigenvalue weighted by Gasteiger charge is 2.22. The standard InChI is InChI=1S/C18H18OS2/c1-12(2)17-14(11-19)16(15-9-6-10-20-15)18(21-17)13-7-4-3-5-8-13/h3-10,12,19H,11H2,1-2H3. The molecule has 1 aromatic carbocycles. The summed E-state index contributed by atoms with van der Waals surface area (Å²) in [7, 11) is 0. The second-order valence-corrected chi connectivity index (χ2v) is 7.31. The van der Waals surface area contributed by atoms with Gasteiger partial charge in [0.05, 0.1) is 6.61 Å². The minimum Gasteiger partial charge on any atom is -0.392 e. The highest BCUT2D eigenvalue weighted by atomic mass is 32.1. The molecule has 3 heteroatoms. The Labute approximate surface area is 133 Å². The van der Waals surface area contributed by atoms with Gasteiger partial charge in [-0.15, -0.1) is 22.7 Å². The van der Waals surface area contributed by atoms with Crippen LogP contribution in [0.2, 0.25) is 0 Å². The number of aliphatic hydroxyl groups excluding tert-OH is 1. The molecule has 0 fully saturated rings. The smallest absolute Gasteiger partial charge is 0.0699 e. The third kappa shape index (κ3) is 2.69. The molecule has 0 aliphatic rings. The van der Waals surface area contributed by atoms with Crippen LogP contribution in [-0.2, 0) is 6.61 Å². The summed E-state index contributed by atoms with van der Waals surface area (Å²) in [5.74, 6) is 0.424. The first-order valence-corrected chi connectivity index (χ1v) is 8.77. The quantitative estimate of drug-likeness (QED) is 0.649. The third-order valence-electron chi connectivity index (χ3n) is 3.52. The number of rotatable bonds is 4. The first kappa shape index (κ1) is 14.5. The lowest BCUT2D eigenvalue weighted by Gasteiger charge is -2.07. The number of thiophene rings is 2. The average Bonchev–Trinajstić information content (AvgIpc) is 3.14. The maximum Gasteiger partial charge on any atom is 0.0699 e. The van der Waals surface area contributed by atoms with E-state index < -0.39 is 0 Å². The van der Waals surface area contributed by atoms with Gasteiger partial charge in [0.25, 0.3) is 0 Å². The van der Waals surface area contributed by atoms with E-state index in [2.05, 4.69) is 55.6 Å². The Bertz CT molecular complexity index is 709. The molecule has 108 valence electrons. The van der Waals surface area contributed by atoms with Gasteiger partial charge in [0.2, 0.25) is 0 Å². The summed E-state index contributed by atoms with van der Waals surface area (Å²) in [6.45, 7) is 4.49. The summed E-state index contributed by atoms with van der Waals surface area (Å²) in [5, 5.41) is 12.0. The largest absolute Gasteiger partial charge is 0.392 e. The molecule has 1 nitrogen and oxygen atoms in total. The Kier molecular flexibility index (Phi) is 4.24. The zero-order chi connectivity index (χ0) is 14.8. The van der Waals surface area contributed by atoms with Gasteiger partial charge in [-0.3, -0.25) is 0 Å². The average molecular weight is 314 g/mol. The maximum atomic E-state index is 9.92. The minimum absolute atomic E-state index is 0.101. The number of hydrogen-bond acceptors (Lipinski definition) is 3. The van der Waals surface area contributed by atoms with Crippen molar-refractivity contribution in [3.05, 3.63) is 58.3 Å². The van der Waals surface area contributed by atoms with Crippen LogP contribution >= 0.6 is 22.7 Å². The normalized spacial score (nSPS) is 11.2. The SMILES string of the molecule is CC(C)c1sc(-c2ccccc2)c(-c2cccs2)c1CO. The molecule has 0 amide bonds. The molecule has 0 atom stereocenters. The molecule has 2 aromatic heterocycles.